The summed E-state index contributed by atoms with van der Waals surface area (Å²) in [5.41, 5.74) is 0.398. The van der Waals surface area contributed by atoms with Crippen molar-refractivity contribution in [3.63, 3.8) is 0 Å². The smallest absolute Gasteiger partial charge is 0.357 e. The first-order valence-electron chi connectivity index (χ1n) is 6.56. The van der Waals surface area contributed by atoms with Crippen LogP contribution in [0, 0.1) is 5.92 Å². The van der Waals surface area contributed by atoms with Gasteiger partial charge in [-0.25, -0.2) is 9.78 Å². The topological polar surface area (TPSA) is 51.7 Å². The van der Waals surface area contributed by atoms with Gasteiger partial charge in [0.25, 0.3) is 0 Å². The number of ether oxygens (including phenoxy) is 2. The maximum atomic E-state index is 11.6. The molecule has 2 heterocycles. The Morgan fingerprint density at radius 2 is 2.42 bits per heavy atom. The van der Waals surface area contributed by atoms with Crippen molar-refractivity contribution in [2.24, 2.45) is 5.92 Å². The predicted molar refractivity (Wildman–Crippen MR) is 74.9 cm³/mol. The van der Waals surface area contributed by atoms with Gasteiger partial charge in [-0.1, -0.05) is 6.92 Å². The number of hydrogen-bond donors (Lipinski definition) is 0. The Kier molecular flexibility index (Phi) is 4.76. The third kappa shape index (κ3) is 3.25. The molecular weight excluding hydrogens is 264 g/mol. The predicted octanol–water partition coefficient (Wildman–Crippen LogP) is 2.18. The van der Waals surface area contributed by atoms with Crippen molar-refractivity contribution in [1.29, 1.82) is 0 Å². The fraction of sp³-hybridized carbons (Fsp3) is 0.692. The Bertz CT molecular complexity index is 435. The van der Waals surface area contributed by atoms with Gasteiger partial charge in [0.1, 0.15) is 0 Å². The number of thiazole rings is 1. The highest BCUT2D eigenvalue weighted by Gasteiger charge is 2.28. The zero-order chi connectivity index (χ0) is 13.8. The Morgan fingerprint density at radius 3 is 3.11 bits per heavy atom. The number of anilines is 1. The van der Waals surface area contributed by atoms with Crippen LogP contribution in [0.3, 0.4) is 0 Å². The van der Waals surface area contributed by atoms with Crippen molar-refractivity contribution in [2.75, 3.05) is 31.7 Å². The first-order valence-corrected chi connectivity index (χ1v) is 7.44. The van der Waals surface area contributed by atoms with E-state index in [2.05, 4.69) is 16.8 Å². The molecular formula is C13H20N2O3S. The normalized spacial score (nSPS) is 23.4. The molecule has 0 radical (unpaired) electrons. The van der Waals surface area contributed by atoms with Crippen LogP contribution in [0.2, 0.25) is 0 Å². The van der Waals surface area contributed by atoms with Gasteiger partial charge < -0.3 is 14.4 Å². The summed E-state index contributed by atoms with van der Waals surface area (Å²) >= 11 is 1.48. The van der Waals surface area contributed by atoms with Gasteiger partial charge in [0.15, 0.2) is 10.8 Å². The van der Waals surface area contributed by atoms with E-state index in [0.717, 1.165) is 24.6 Å². The van der Waals surface area contributed by atoms with Crippen LogP contribution in [0.25, 0.3) is 0 Å². The number of carbonyl (C=O) groups is 1. The van der Waals surface area contributed by atoms with E-state index in [9.17, 15) is 4.79 Å². The van der Waals surface area contributed by atoms with Crippen molar-refractivity contribution in [1.82, 2.24) is 4.98 Å². The lowest BCUT2D eigenvalue weighted by Crippen LogP contribution is -2.43. The highest BCUT2D eigenvalue weighted by atomic mass is 32.1. The molecule has 19 heavy (non-hydrogen) atoms. The minimum atomic E-state index is -0.348. The Morgan fingerprint density at radius 1 is 1.63 bits per heavy atom. The molecule has 0 saturated carbocycles. The molecule has 2 atom stereocenters. The van der Waals surface area contributed by atoms with Crippen LogP contribution < -0.4 is 4.90 Å². The Labute approximate surface area is 117 Å². The second-order valence-electron chi connectivity index (χ2n) is 4.72. The molecule has 0 aliphatic carbocycles. The van der Waals surface area contributed by atoms with Crippen molar-refractivity contribution in [3.05, 3.63) is 11.1 Å². The lowest BCUT2D eigenvalue weighted by molar-refractivity contribution is 0.0497. The second-order valence-corrected chi connectivity index (χ2v) is 5.56. The highest BCUT2D eigenvalue weighted by molar-refractivity contribution is 7.13. The van der Waals surface area contributed by atoms with Gasteiger partial charge in [-0.2, -0.15) is 0 Å². The molecule has 2 rings (SSSR count). The van der Waals surface area contributed by atoms with Crippen molar-refractivity contribution in [3.8, 4) is 0 Å². The van der Waals surface area contributed by atoms with Crippen LogP contribution in [-0.2, 0) is 9.47 Å². The summed E-state index contributed by atoms with van der Waals surface area (Å²) in [6, 6.07) is 0. The molecule has 106 valence electrons. The maximum Gasteiger partial charge on any atom is 0.357 e. The largest absolute Gasteiger partial charge is 0.461 e. The summed E-state index contributed by atoms with van der Waals surface area (Å²) in [5.74, 6) is 0.212. The fourth-order valence-corrected chi connectivity index (χ4v) is 3.05. The van der Waals surface area contributed by atoms with E-state index < -0.39 is 0 Å². The van der Waals surface area contributed by atoms with Crippen LogP contribution in [0.5, 0.6) is 0 Å². The van der Waals surface area contributed by atoms with Gasteiger partial charge in [-0.3, -0.25) is 0 Å². The Balaban J connectivity index is 2.04. The van der Waals surface area contributed by atoms with Gasteiger partial charge >= 0.3 is 5.97 Å². The number of esters is 1. The molecule has 1 aliphatic heterocycles. The van der Waals surface area contributed by atoms with Crippen LogP contribution in [0.4, 0.5) is 5.13 Å². The van der Waals surface area contributed by atoms with Gasteiger partial charge in [-0.05, 0) is 19.3 Å². The first-order chi connectivity index (χ1) is 9.15. The maximum absolute atomic E-state index is 11.6. The standard InChI is InChI=1S/C13H20N2O3S/c1-4-18-12(16)10-8-19-13(14-10)15-6-5-9(2)11(7-15)17-3/h8-9,11H,4-7H2,1-3H3. The quantitative estimate of drug-likeness (QED) is 0.793. The zero-order valence-electron chi connectivity index (χ0n) is 11.6. The van der Waals surface area contributed by atoms with E-state index in [-0.39, 0.29) is 12.1 Å². The van der Waals surface area contributed by atoms with Gasteiger partial charge in [0, 0.05) is 25.6 Å². The molecule has 5 nitrogen and oxygen atoms in total. The van der Waals surface area contributed by atoms with E-state index in [0.29, 0.717) is 18.2 Å². The zero-order valence-corrected chi connectivity index (χ0v) is 12.4. The summed E-state index contributed by atoms with van der Waals surface area (Å²) in [6.07, 6.45) is 1.30. The highest BCUT2D eigenvalue weighted by Crippen LogP contribution is 2.27. The van der Waals surface area contributed by atoms with Gasteiger partial charge in [-0.15, -0.1) is 11.3 Å². The SMILES string of the molecule is CCOC(=O)c1csc(N2CCC(C)C(OC)C2)n1. The third-order valence-corrected chi connectivity index (χ3v) is 4.34. The molecule has 0 N–H and O–H groups in total. The van der Waals surface area contributed by atoms with E-state index in [4.69, 9.17) is 9.47 Å². The lowest BCUT2D eigenvalue weighted by atomic mass is 9.96. The summed E-state index contributed by atoms with van der Waals surface area (Å²) in [7, 11) is 1.75. The summed E-state index contributed by atoms with van der Waals surface area (Å²) in [5, 5.41) is 2.63. The van der Waals surface area contributed by atoms with Crippen molar-refractivity contribution in [2.45, 2.75) is 26.4 Å². The van der Waals surface area contributed by atoms with Crippen molar-refractivity contribution < 1.29 is 14.3 Å². The molecule has 6 heteroatoms. The van der Waals surface area contributed by atoms with Gasteiger partial charge in [0.2, 0.25) is 0 Å². The first kappa shape index (κ1) is 14.3. The average molecular weight is 284 g/mol. The second kappa shape index (κ2) is 6.34. The van der Waals surface area contributed by atoms with E-state index >= 15 is 0 Å². The molecule has 0 aromatic carbocycles. The van der Waals surface area contributed by atoms with E-state index in [1.807, 2.05) is 0 Å². The van der Waals surface area contributed by atoms with E-state index in [1.54, 1.807) is 19.4 Å². The minimum absolute atomic E-state index is 0.226. The number of rotatable bonds is 4. The van der Waals surface area contributed by atoms with Crippen LogP contribution in [0.1, 0.15) is 30.8 Å². The monoisotopic (exact) mass is 284 g/mol. The molecule has 1 aliphatic rings. The number of carbonyl (C=O) groups excluding carboxylic acids is 1. The number of nitrogens with zero attached hydrogens (tertiary/aromatic N) is 2. The average Bonchev–Trinajstić information content (AvgIpc) is 2.89. The summed E-state index contributed by atoms with van der Waals surface area (Å²) in [4.78, 5) is 18.1. The lowest BCUT2D eigenvalue weighted by Gasteiger charge is -2.35. The van der Waals surface area contributed by atoms with Crippen LogP contribution in [-0.4, -0.2) is 43.9 Å². The molecule has 0 spiro atoms. The van der Waals surface area contributed by atoms with Crippen molar-refractivity contribution >= 4 is 22.4 Å². The third-order valence-electron chi connectivity index (χ3n) is 3.44. The number of piperidine rings is 1. The Hall–Kier alpha value is -1.14. The number of aromatic nitrogens is 1. The molecule has 1 aromatic rings. The molecule has 0 amide bonds. The number of hydrogen-bond acceptors (Lipinski definition) is 6. The molecule has 2 unspecified atom stereocenters. The molecule has 0 bridgehead atoms. The van der Waals surface area contributed by atoms with Gasteiger partial charge in [0.05, 0.1) is 12.7 Å². The summed E-state index contributed by atoms with van der Waals surface area (Å²) < 4.78 is 10.4. The minimum Gasteiger partial charge on any atom is -0.461 e. The number of methoxy groups -OCH3 is 1. The van der Waals surface area contributed by atoms with Crippen LogP contribution in [0.15, 0.2) is 5.38 Å². The van der Waals surface area contributed by atoms with E-state index in [1.165, 1.54) is 11.3 Å². The summed E-state index contributed by atoms with van der Waals surface area (Å²) in [6.45, 7) is 6.15. The molecule has 1 saturated heterocycles. The fourth-order valence-electron chi connectivity index (χ4n) is 2.22. The molecule has 1 aromatic heterocycles. The molecule has 1 fully saturated rings. The van der Waals surface area contributed by atoms with Crippen LogP contribution >= 0.6 is 11.3 Å².